The van der Waals surface area contributed by atoms with Gasteiger partial charge in [0.25, 0.3) is 5.91 Å². The highest BCUT2D eigenvalue weighted by Crippen LogP contribution is 2.23. The lowest BCUT2D eigenvalue weighted by Gasteiger charge is -2.28. The minimum absolute atomic E-state index is 0.118. The highest BCUT2D eigenvalue weighted by atomic mass is 16.2. The lowest BCUT2D eigenvalue weighted by Crippen LogP contribution is -2.38. The highest BCUT2D eigenvalue weighted by molar-refractivity contribution is 5.99. The van der Waals surface area contributed by atoms with E-state index in [2.05, 4.69) is 23.7 Å². The zero-order chi connectivity index (χ0) is 17.1. The lowest BCUT2D eigenvalue weighted by molar-refractivity contribution is 0.0773. The van der Waals surface area contributed by atoms with E-state index in [4.69, 9.17) is 0 Å². The number of nitrogens with zero attached hydrogens (tertiary/aromatic N) is 2. The molecule has 1 saturated heterocycles. The molecule has 1 aliphatic rings. The van der Waals surface area contributed by atoms with Crippen molar-refractivity contribution in [3.05, 3.63) is 35.0 Å². The molecular formula is C20H29N3O. The Balaban J connectivity index is 1.69. The quantitative estimate of drug-likeness (QED) is 0.911. The van der Waals surface area contributed by atoms with Crippen LogP contribution in [-0.2, 0) is 6.42 Å². The summed E-state index contributed by atoms with van der Waals surface area (Å²) in [6.07, 6.45) is 4.92. The molecule has 0 aliphatic carbocycles. The van der Waals surface area contributed by atoms with Gasteiger partial charge in [0.05, 0.1) is 0 Å². The van der Waals surface area contributed by atoms with Crippen molar-refractivity contribution in [2.24, 2.45) is 0 Å². The number of aryl methyl sites for hydroxylation is 2. The van der Waals surface area contributed by atoms with Crippen molar-refractivity contribution in [1.82, 2.24) is 14.8 Å². The van der Waals surface area contributed by atoms with E-state index in [9.17, 15) is 4.79 Å². The fourth-order valence-corrected chi connectivity index (χ4v) is 3.67. The first-order valence-electron chi connectivity index (χ1n) is 9.19. The van der Waals surface area contributed by atoms with Gasteiger partial charge in [-0.2, -0.15) is 0 Å². The number of carbonyl (C=O) groups excluding carboxylic acids is 1. The van der Waals surface area contributed by atoms with Crippen LogP contribution in [-0.4, -0.2) is 53.9 Å². The second-order valence-electron chi connectivity index (χ2n) is 6.97. The molecule has 1 aromatic heterocycles. The molecule has 2 aromatic rings. The molecular weight excluding hydrogens is 298 g/mol. The van der Waals surface area contributed by atoms with Gasteiger partial charge in [-0.1, -0.05) is 13.3 Å². The van der Waals surface area contributed by atoms with Gasteiger partial charge in [0.1, 0.15) is 0 Å². The summed E-state index contributed by atoms with van der Waals surface area (Å²) in [7, 11) is 1.91. The van der Waals surface area contributed by atoms with Crippen molar-refractivity contribution in [3.63, 3.8) is 0 Å². The molecule has 0 saturated carbocycles. The Morgan fingerprint density at radius 3 is 2.71 bits per heavy atom. The van der Waals surface area contributed by atoms with E-state index in [-0.39, 0.29) is 5.91 Å². The van der Waals surface area contributed by atoms with Gasteiger partial charge in [-0.05, 0) is 63.0 Å². The van der Waals surface area contributed by atoms with Gasteiger partial charge in [-0.15, -0.1) is 0 Å². The fraction of sp³-hybridized carbons (Fsp3) is 0.550. The smallest absolute Gasteiger partial charge is 0.253 e. The number of aromatic amines is 1. The largest absolute Gasteiger partial charge is 0.358 e. The van der Waals surface area contributed by atoms with Crippen LogP contribution in [0, 0.1) is 6.92 Å². The molecule has 24 heavy (non-hydrogen) atoms. The molecule has 0 bridgehead atoms. The van der Waals surface area contributed by atoms with Crippen molar-refractivity contribution in [2.75, 3.05) is 33.2 Å². The van der Waals surface area contributed by atoms with Gasteiger partial charge >= 0.3 is 0 Å². The monoisotopic (exact) mass is 327 g/mol. The summed E-state index contributed by atoms with van der Waals surface area (Å²) in [5, 5.41) is 1.17. The molecule has 1 aromatic carbocycles. The number of rotatable bonds is 5. The first-order chi connectivity index (χ1) is 11.6. The van der Waals surface area contributed by atoms with E-state index in [0.717, 1.165) is 30.6 Å². The number of piperidine rings is 1. The maximum atomic E-state index is 12.7. The molecule has 2 heterocycles. The number of benzene rings is 1. The minimum atomic E-state index is 0.118. The van der Waals surface area contributed by atoms with E-state index in [0.29, 0.717) is 0 Å². The molecule has 0 radical (unpaired) electrons. The van der Waals surface area contributed by atoms with E-state index in [1.54, 1.807) is 0 Å². The van der Waals surface area contributed by atoms with Crippen LogP contribution in [0.4, 0.5) is 0 Å². The molecule has 1 fully saturated rings. The van der Waals surface area contributed by atoms with Crippen LogP contribution in [0.15, 0.2) is 18.2 Å². The predicted octanol–water partition coefficient (Wildman–Crippen LogP) is 3.60. The Morgan fingerprint density at radius 2 is 2.00 bits per heavy atom. The van der Waals surface area contributed by atoms with Gasteiger partial charge in [-0.25, -0.2) is 0 Å². The van der Waals surface area contributed by atoms with Gasteiger partial charge in [-0.3, -0.25) is 4.79 Å². The molecule has 3 rings (SSSR count). The summed E-state index contributed by atoms with van der Waals surface area (Å²) in [6, 6.07) is 6.02. The normalized spacial score (nSPS) is 15.8. The molecule has 0 spiro atoms. The molecule has 130 valence electrons. The first kappa shape index (κ1) is 17.0. The van der Waals surface area contributed by atoms with Crippen molar-refractivity contribution in [2.45, 2.75) is 39.5 Å². The number of H-pyrrole nitrogens is 1. The molecule has 0 unspecified atom stereocenters. The number of likely N-dealkylation sites (N-methyl/N-ethyl adjacent to an activating group) is 1. The Hall–Kier alpha value is -1.81. The van der Waals surface area contributed by atoms with Crippen LogP contribution >= 0.6 is 0 Å². The number of fused-ring (bicyclic) bond motifs is 1. The van der Waals surface area contributed by atoms with Crippen LogP contribution < -0.4 is 0 Å². The summed E-state index contributed by atoms with van der Waals surface area (Å²) >= 11 is 0. The number of hydrogen-bond donors (Lipinski definition) is 1. The van der Waals surface area contributed by atoms with Crippen LogP contribution in [0.2, 0.25) is 0 Å². The number of carbonyl (C=O) groups is 1. The van der Waals surface area contributed by atoms with Crippen molar-refractivity contribution < 1.29 is 4.79 Å². The van der Waals surface area contributed by atoms with E-state index < -0.39 is 0 Å². The number of nitrogens with one attached hydrogen (secondary N) is 1. The zero-order valence-electron chi connectivity index (χ0n) is 15.2. The number of hydrogen-bond acceptors (Lipinski definition) is 2. The summed E-state index contributed by atoms with van der Waals surface area (Å²) < 4.78 is 0. The maximum Gasteiger partial charge on any atom is 0.253 e. The molecule has 0 atom stereocenters. The molecule has 4 nitrogen and oxygen atoms in total. The van der Waals surface area contributed by atoms with Gasteiger partial charge < -0.3 is 14.8 Å². The average Bonchev–Trinajstić information content (AvgIpc) is 2.95. The van der Waals surface area contributed by atoms with Gasteiger partial charge in [0.15, 0.2) is 0 Å². The summed E-state index contributed by atoms with van der Waals surface area (Å²) in [4.78, 5) is 20.5. The van der Waals surface area contributed by atoms with Crippen molar-refractivity contribution >= 4 is 16.8 Å². The third-order valence-electron chi connectivity index (χ3n) is 5.31. The zero-order valence-corrected chi connectivity index (χ0v) is 15.2. The van der Waals surface area contributed by atoms with E-state index in [1.807, 2.05) is 30.1 Å². The summed E-state index contributed by atoms with van der Waals surface area (Å²) in [5.74, 6) is 0.118. The standard InChI is InChI=1S/C20H29N3O/c1-4-18-15(2)17-14-16(8-9-19(17)21-18)20(24)22(3)12-13-23-10-6-5-7-11-23/h8-9,14,21H,4-7,10-13H2,1-3H3. The second-order valence-corrected chi connectivity index (χ2v) is 6.97. The Bertz CT molecular complexity index is 713. The molecule has 4 heteroatoms. The van der Waals surface area contributed by atoms with E-state index in [1.165, 1.54) is 49.0 Å². The summed E-state index contributed by atoms with van der Waals surface area (Å²) in [6.45, 7) is 8.41. The lowest BCUT2D eigenvalue weighted by atomic mass is 10.1. The average molecular weight is 327 g/mol. The Kier molecular flexibility index (Phi) is 5.24. The first-order valence-corrected chi connectivity index (χ1v) is 9.19. The Morgan fingerprint density at radius 1 is 1.25 bits per heavy atom. The van der Waals surface area contributed by atoms with Gasteiger partial charge in [0.2, 0.25) is 0 Å². The molecule has 1 aliphatic heterocycles. The minimum Gasteiger partial charge on any atom is -0.358 e. The van der Waals surface area contributed by atoms with Crippen molar-refractivity contribution in [1.29, 1.82) is 0 Å². The number of likely N-dealkylation sites (tertiary alicyclic amines) is 1. The molecule has 1 N–H and O–H groups in total. The third-order valence-corrected chi connectivity index (χ3v) is 5.31. The van der Waals surface area contributed by atoms with Crippen LogP contribution in [0.3, 0.4) is 0 Å². The highest BCUT2D eigenvalue weighted by Gasteiger charge is 2.16. The van der Waals surface area contributed by atoms with Crippen LogP contribution in [0.1, 0.15) is 47.8 Å². The fourth-order valence-electron chi connectivity index (χ4n) is 3.67. The predicted molar refractivity (Wildman–Crippen MR) is 99.7 cm³/mol. The SMILES string of the molecule is CCc1[nH]c2ccc(C(=O)N(C)CCN3CCCCC3)cc2c1C. The third kappa shape index (κ3) is 3.48. The summed E-state index contributed by atoms with van der Waals surface area (Å²) in [5.41, 5.74) is 4.43. The van der Waals surface area contributed by atoms with Crippen molar-refractivity contribution in [3.8, 4) is 0 Å². The Labute approximate surface area is 144 Å². The number of aromatic nitrogens is 1. The topological polar surface area (TPSA) is 39.3 Å². The molecule has 1 amide bonds. The van der Waals surface area contributed by atoms with Crippen LogP contribution in [0.25, 0.3) is 10.9 Å². The maximum absolute atomic E-state index is 12.7. The number of amides is 1. The van der Waals surface area contributed by atoms with Gasteiger partial charge in [0, 0.05) is 42.3 Å². The second kappa shape index (κ2) is 7.39. The van der Waals surface area contributed by atoms with Crippen LogP contribution in [0.5, 0.6) is 0 Å². The van der Waals surface area contributed by atoms with E-state index >= 15 is 0 Å².